The number of nitrogens with one attached hydrogen (secondary N) is 2. The number of carbonyl (C=O) groups excluding carboxylic acids is 3. The summed E-state index contributed by atoms with van der Waals surface area (Å²) in [7, 11) is 3.30. The monoisotopic (exact) mass is 636 g/mol. The zero-order valence-electron chi connectivity index (χ0n) is 24.2. The molecule has 3 aromatic rings. The number of halogens is 1. The summed E-state index contributed by atoms with van der Waals surface area (Å²) in [5.74, 6) is 0.174. The lowest BCUT2D eigenvalue weighted by atomic mass is 9.95. The van der Waals surface area contributed by atoms with Gasteiger partial charge in [-0.1, -0.05) is 40.2 Å². The number of anilines is 2. The molecule has 42 heavy (non-hydrogen) atoms. The van der Waals surface area contributed by atoms with E-state index in [2.05, 4.69) is 26.6 Å². The highest BCUT2D eigenvalue weighted by Crippen LogP contribution is 2.38. The quantitative estimate of drug-likeness (QED) is 0.380. The van der Waals surface area contributed by atoms with E-state index in [4.69, 9.17) is 9.47 Å². The van der Waals surface area contributed by atoms with Crippen molar-refractivity contribution in [3.05, 3.63) is 64.6 Å². The van der Waals surface area contributed by atoms with Gasteiger partial charge in [-0.05, 0) is 73.8 Å². The van der Waals surface area contributed by atoms with E-state index in [9.17, 15) is 14.4 Å². The molecular formula is C32H37BrN4O5. The molecule has 1 saturated heterocycles. The second-order valence-corrected chi connectivity index (χ2v) is 11.7. The number of carbonyl (C=O) groups is 3. The molecule has 3 amide bonds. The molecule has 10 heteroatoms. The van der Waals surface area contributed by atoms with Crippen molar-refractivity contribution in [1.82, 2.24) is 10.6 Å². The average molecular weight is 638 g/mol. The molecule has 2 heterocycles. The molecule has 0 bridgehead atoms. The molecule has 0 aromatic heterocycles. The van der Waals surface area contributed by atoms with Gasteiger partial charge in [0.1, 0.15) is 11.8 Å². The van der Waals surface area contributed by atoms with Gasteiger partial charge < -0.3 is 29.9 Å². The minimum absolute atomic E-state index is 0.0365. The van der Waals surface area contributed by atoms with Crippen molar-refractivity contribution in [2.45, 2.75) is 44.8 Å². The molecular weight excluding hydrogens is 600 g/mol. The number of benzene rings is 3. The normalized spacial score (nSPS) is 18.4. The fourth-order valence-corrected chi connectivity index (χ4v) is 6.20. The third-order valence-corrected chi connectivity index (χ3v) is 8.95. The average Bonchev–Trinajstić information content (AvgIpc) is 3.12. The van der Waals surface area contributed by atoms with Crippen molar-refractivity contribution in [2.24, 2.45) is 5.92 Å². The van der Waals surface area contributed by atoms with Gasteiger partial charge in [0.25, 0.3) is 5.91 Å². The number of hydrogen-bond acceptors (Lipinski definition) is 6. The molecule has 2 atom stereocenters. The predicted molar refractivity (Wildman–Crippen MR) is 167 cm³/mol. The number of rotatable bonds is 8. The summed E-state index contributed by atoms with van der Waals surface area (Å²) in [5, 5.41) is 7.79. The zero-order chi connectivity index (χ0) is 29.8. The molecule has 3 aromatic carbocycles. The fraction of sp³-hybridized carbons (Fsp3) is 0.406. The standard InChI is InChI=1S/C32H37BrN4O5/c1-20(34-2)31(39)35-26-19-36(30(38)17-21-13-15-42-16-14-21)27-9-4-5-10-28(27)37(32(26)40)18-24-22-7-6-8-25(33)23(22)11-12-29(24)41-3/h4-12,20-21,26,34H,13-19H2,1-3H3,(H,35,39)/t20-,26-/m0/s1. The van der Waals surface area contributed by atoms with Crippen molar-refractivity contribution in [3.63, 3.8) is 0 Å². The molecule has 2 aliphatic rings. The summed E-state index contributed by atoms with van der Waals surface area (Å²) in [6.45, 7) is 3.24. The summed E-state index contributed by atoms with van der Waals surface area (Å²) in [5.41, 5.74) is 2.08. The highest BCUT2D eigenvalue weighted by molar-refractivity contribution is 9.10. The lowest BCUT2D eigenvalue weighted by Gasteiger charge is -2.28. The molecule has 1 fully saturated rings. The SMILES string of the molecule is CN[C@@H](C)C(=O)N[C@H]1CN(C(=O)CC2CCOCC2)c2ccccc2N(Cc2c(OC)ccc3c(Br)cccc23)C1=O. The maximum Gasteiger partial charge on any atom is 0.251 e. The summed E-state index contributed by atoms with van der Waals surface area (Å²) in [6.07, 6.45) is 2.00. The van der Waals surface area contributed by atoms with Crippen LogP contribution in [0.2, 0.25) is 0 Å². The number of hydrogen-bond donors (Lipinski definition) is 2. The molecule has 0 saturated carbocycles. The van der Waals surface area contributed by atoms with E-state index in [0.717, 1.165) is 33.7 Å². The van der Waals surface area contributed by atoms with Gasteiger partial charge in [0, 0.05) is 29.7 Å². The van der Waals surface area contributed by atoms with Crippen LogP contribution in [-0.2, 0) is 25.7 Å². The smallest absolute Gasteiger partial charge is 0.251 e. The van der Waals surface area contributed by atoms with Crippen LogP contribution in [0.15, 0.2) is 59.1 Å². The fourth-order valence-electron chi connectivity index (χ4n) is 5.70. The van der Waals surface area contributed by atoms with Crippen LogP contribution in [-0.4, -0.2) is 63.7 Å². The number of para-hydroxylation sites is 2. The van der Waals surface area contributed by atoms with Crippen LogP contribution in [0, 0.1) is 5.92 Å². The minimum atomic E-state index is -0.952. The van der Waals surface area contributed by atoms with Crippen molar-refractivity contribution >= 4 is 55.8 Å². The lowest BCUT2D eigenvalue weighted by Crippen LogP contribution is -2.55. The molecule has 0 aliphatic carbocycles. The van der Waals surface area contributed by atoms with Crippen molar-refractivity contribution in [2.75, 3.05) is 43.7 Å². The third kappa shape index (κ3) is 6.16. The summed E-state index contributed by atoms with van der Waals surface area (Å²) in [6, 6.07) is 15.8. The third-order valence-electron chi connectivity index (χ3n) is 8.25. The van der Waals surface area contributed by atoms with E-state index in [0.29, 0.717) is 36.8 Å². The van der Waals surface area contributed by atoms with Crippen molar-refractivity contribution in [1.29, 1.82) is 0 Å². The van der Waals surface area contributed by atoms with E-state index in [1.807, 2.05) is 54.6 Å². The molecule has 5 rings (SSSR count). The Morgan fingerprint density at radius 1 is 1.05 bits per heavy atom. The first-order chi connectivity index (χ1) is 20.3. The van der Waals surface area contributed by atoms with Gasteiger partial charge in [-0.2, -0.15) is 0 Å². The van der Waals surface area contributed by atoms with E-state index >= 15 is 0 Å². The van der Waals surface area contributed by atoms with E-state index in [-0.39, 0.29) is 36.7 Å². The summed E-state index contributed by atoms with van der Waals surface area (Å²) >= 11 is 3.65. The van der Waals surface area contributed by atoms with Gasteiger partial charge in [-0.15, -0.1) is 0 Å². The topological polar surface area (TPSA) is 100 Å². The summed E-state index contributed by atoms with van der Waals surface area (Å²) < 4.78 is 12.2. The first-order valence-corrected chi connectivity index (χ1v) is 15.1. The van der Waals surface area contributed by atoms with E-state index in [1.165, 1.54) is 0 Å². The van der Waals surface area contributed by atoms with Crippen LogP contribution in [0.4, 0.5) is 11.4 Å². The van der Waals surface area contributed by atoms with Crippen LogP contribution < -0.4 is 25.2 Å². The number of likely N-dealkylation sites (N-methyl/N-ethyl adjacent to an activating group) is 1. The molecule has 0 radical (unpaired) electrons. The second-order valence-electron chi connectivity index (χ2n) is 10.8. The van der Waals surface area contributed by atoms with Crippen LogP contribution in [0.25, 0.3) is 10.8 Å². The van der Waals surface area contributed by atoms with Gasteiger partial charge in [-0.25, -0.2) is 0 Å². The molecule has 2 aliphatic heterocycles. The number of ether oxygens (including phenoxy) is 2. The minimum Gasteiger partial charge on any atom is -0.496 e. The Morgan fingerprint density at radius 3 is 2.50 bits per heavy atom. The first-order valence-electron chi connectivity index (χ1n) is 14.3. The van der Waals surface area contributed by atoms with E-state index in [1.54, 1.807) is 30.9 Å². The maximum absolute atomic E-state index is 14.4. The number of methoxy groups -OCH3 is 1. The van der Waals surface area contributed by atoms with E-state index < -0.39 is 12.1 Å². The zero-order valence-corrected chi connectivity index (χ0v) is 25.8. The van der Waals surface area contributed by atoms with Gasteiger partial charge >= 0.3 is 0 Å². The molecule has 9 nitrogen and oxygen atoms in total. The molecule has 0 unspecified atom stereocenters. The Kier molecular flexibility index (Phi) is 9.45. The number of fused-ring (bicyclic) bond motifs is 2. The Balaban J connectivity index is 1.59. The Hall–Kier alpha value is -3.47. The highest BCUT2D eigenvalue weighted by Gasteiger charge is 2.38. The van der Waals surface area contributed by atoms with Crippen LogP contribution in [0.1, 0.15) is 31.7 Å². The Bertz CT molecular complexity index is 1470. The predicted octanol–water partition coefficient (Wildman–Crippen LogP) is 4.40. The number of nitrogens with zero attached hydrogens (tertiary/aromatic N) is 2. The van der Waals surface area contributed by atoms with Gasteiger partial charge in [0.15, 0.2) is 0 Å². The molecule has 0 spiro atoms. The first kappa shape index (κ1) is 30.0. The molecule has 222 valence electrons. The van der Waals surface area contributed by atoms with Crippen molar-refractivity contribution in [3.8, 4) is 5.75 Å². The molecule has 2 N–H and O–H groups in total. The highest BCUT2D eigenvalue weighted by atomic mass is 79.9. The van der Waals surface area contributed by atoms with Gasteiger partial charge in [-0.3, -0.25) is 14.4 Å². The van der Waals surface area contributed by atoms with Crippen LogP contribution >= 0.6 is 15.9 Å². The number of amides is 3. The largest absolute Gasteiger partial charge is 0.496 e. The van der Waals surface area contributed by atoms with Gasteiger partial charge in [0.2, 0.25) is 11.8 Å². The lowest BCUT2D eigenvalue weighted by molar-refractivity contribution is -0.128. The second kappa shape index (κ2) is 13.2. The van der Waals surface area contributed by atoms with Crippen molar-refractivity contribution < 1.29 is 23.9 Å². The maximum atomic E-state index is 14.4. The summed E-state index contributed by atoms with van der Waals surface area (Å²) in [4.78, 5) is 44.7. The van der Waals surface area contributed by atoms with Crippen LogP contribution in [0.3, 0.4) is 0 Å². The van der Waals surface area contributed by atoms with Crippen LogP contribution in [0.5, 0.6) is 5.75 Å². The Morgan fingerprint density at radius 2 is 1.79 bits per heavy atom. The Labute approximate surface area is 254 Å². The van der Waals surface area contributed by atoms with Gasteiger partial charge in [0.05, 0.1) is 37.6 Å².